The van der Waals surface area contributed by atoms with Gasteiger partial charge in [0.1, 0.15) is 5.52 Å². The summed E-state index contributed by atoms with van der Waals surface area (Å²) in [7, 11) is 0. The first-order valence-corrected chi connectivity index (χ1v) is 26.5. The lowest BCUT2D eigenvalue weighted by molar-refractivity contribution is 0.568. The van der Waals surface area contributed by atoms with Gasteiger partial charge in [-0.1, -0.05) is 180 Å². The molecule has 5 heteroatoms. The van der Waals surface area contributed by atoms with Gasteiger partial charge in [-0.15, -0.1) is 0 Å². The molecule has 0 fully saturated rings. The molecule has 0 spiro atoms. The van der Waals surface area contributed by atoms with E-state index in [1.165, 1.54) is 93.1 Å². The molecule has 0 N–H and O–H groups in total. The number of hydrogen-bond donors (Lipinski definition) is 0. The van der Waals surface area contributed by atoms with Crippen LogP contribution in [0.1, 0.15) is 105 Å². The SMILES string of the molecule is CC(C)(C)c1cc(N2c3cc(-c4nc5ccccc5o4)cc4c3B(c3ccc5cc6ccccc6cc5c32)c2ccc3cc5ccccc5cc3c2N4c2cc(C(C)(C)C)cc(C(C)(C)C)c2)cc(C(C)(C)C)c1. The Morgan fingerprint density at radius 3 is 1.19 bits per heavy atom. The lowest BCUT2D eigenvalue weighted by Crippen LogP contribution is -2.61. The van der Waals surface area contributed by atoms with Crippen LogP contribution in [-0.2, 0) is 21.7 Å². The fourth-order valence-electron chi connectivity index (χ4n) is 11.9. The number of anilines is 6. The Kier molecular flexibility index (Phi) is 9.95. The summed E-state index contributed by atoms with van der Waals surface area (Å²) < 4.78 is 6.85. The van der Waals surface area contributed by atoms with Gasteiger partial charge in [-0.2, -0.15) is 0 Å². The summed E-state index contributed by atoms with van der Waals surface area (Å²) in [6.07, 6.45) is 0. The maximum absolute atomic E-state index is 6.85. The van der Waals surface area contributed by atoms with E-state index in [9.17, 15) is 0 Å². The molecule has 2 aliphatic rings. The van der Waals surface area contributed by atoms with Crippen LogP contribution in [-0.4, -0.2) is 11.7 Å². The van der Waals surface area contributed by atoms with Crippen molar-refractivity contribution >= 4 is 111 Å². The van der Waals surface area contributed by atoms with Gasteiger partial charge in [0, 0.05) is 50.5 Å². The minimum Gasteiger partial charge on any atom is -0.436 e. The van der Waals surface area contributed by atoms with Gasteiger partial charge in [-0.25, -0.2) is 4.98 Å². The molecule has 4 nitrogen and oxygen atoms in total. The van der Waals surface area contributed by atoms with Gasteiger partial charge >= 0.3 is 0 Å². The minimum atomic E-state index is -0.123. The van der Waals surface area contributed by atoms with Crippen molar-refractivity contribution in [2.45, 2.75) is 105 Å². The first kappa shape index (κ1) is 46.2. The second kappa shape index (κ2) is 15.9. The number of oxazole rings is 1. The number of nitrogens with zero attached hydrogens (tertiary/aromatic N) is 3. The predicted octanol–water partition coefficient (Wildman–Crippen LogP) is 17.4. The highest BCUT2D eigenvalue weighted by Gasteiger charge is 2.46. The molecule has 0 saturated carbocycles. The van der Waals surface area contributed by atoms with E-state index in [4.69, 9.17) is 9.40 Å². The molecular formula is C69H64BN3O. The molecule has 364 valence electrons. The molecule has 2 aliphatic heterocycles. The van der Waals surface area contributed by atoms with Crippen LogP contribution < -0.4 is 26.2 Å². The van der Waals surface area contributed by atoms with Crippen LogP contribution in [0, 0.1) is 0 Å². The number of benzene rings is 10. The molecule has 0 amide bonds. The summed E-state index contributed by atoms with van der Waals surface area (Å²) in [6, 6.07) is 64.6. The Morgan fingerprint density at radius 2 is 0.784 bits per heavy atom. The summed E-state index contributed by atoms with van der Waals surface area (Å²) in [5.74, 6) is 0.601. The van der Waals surface area contributed by atoms with Gasteiger partial charge in [-0.3, -0.25) is 0 Å². The van der Waals surface area contributed by atoms with E-state index >= 15 is 0 Å². The summed E-state index contributed by atoms with van der Waals surface area (Å²) in [5, 5.41) is 9.79. The molecule has 0 atom stereocenters. The van der Waals surface area contributed by atoms with Crippen molar-refractivity contribution in [1.82, 2.24) is 4.98 Å². The fraction of sp³-hybridized carbons (Fsp3) is 0.232. The van der Waals surface area contributed by atoms with Gasteiger partial charge in [0.25, 0.3) is 6.71 Å². The lowest BCUT2D eigenvalue weighted by atomic mass is 9.33. The van der Waals surface area contributed by atoms with Crippen LogP contribution in [0.4, 0.5) is 34.1 Å². The van der Waals surface area contributed by atoms with Crippen molar-refractivity contribution in [3.05, 3.63) is 192 Å². The van der Waals surface area contributed by atoms with E-state index in [0.717, 1.165) is 39.4 Å². The van der Waals surface area contributed by atoms with Crippen molar-refractivity contribution in [2.24, 2.45) is 0 Å². The number of hydrogen-bond acceptors (Lipinski definition) is 4. The zero-order chi connectivity index (χ0) is 51.4. The molecule has 0 unspecified atom stereocenters. The molecule has 10 aromatic carbocycles. The van der Waals surface area contributed by atoms with Crippen molar-refractivity contribution in [3.63, 3.8) is 0 Å². The topological polar surface area (TPSA) is 32.5 Å². The quantitative estimate of drug-likeness (QED) is 0.130. The molecule has 0 radical (unpaired) electrons. The highest BCUT2D eigenvalue weighted by atomic mass is 16.3. The van der Waals surface area contributed by atoms with Gasteiger partial charge in [-0.05, 0) is 165 Å². The van der Waals surface area contributed by atoms with Crippen LogP contribution in [0.5, 0.6) is 0 Å². The zero-order valence-corrected chi connectivity index (χ0v) is 45.0. The highest BCUT2D eigenvalue weighted by Crippen LogP contribution is 2.51. The van der Waals surface area contributed by atoms with Crippen LogP contribution in [0.15, 0.2) is 174 Å². The van der Waals surface area contributed by atoms with Gasteiger partial charge in [0.15, 0.2) is 5.58 Å². The molecule has 74 heavy (non-hydrogen) atoms. The standard InChI is InChI=1S/C69H64BN3O/c1-66(2,3)48-35-49(67(4,5)6)38-52(37-48)72-59-33-47(65-71-58-23-17-18-24-61(58)74-65)34-60-62(59)70(56-27-25-45-29-41-19-13-15-21-43(41)31-54(45)63(56)72)57-28-26-46-30-42-20-14-16-22-44(42)32-55(46)64(57)73(60)53-39-50(68(7,8)9)36-51(40-53)69(10,11)12/h13-40H,1-12H3. The van der Waals surface area contributed by atoms with E-state index in [0.29, 0.717) is 5.89 Å². The Labute approximate surface area is 436 Å². The van der Waals surface area contributed by atoms with Crippen molar-refractivity contribution in [2.75, 3.05) is 9.80 Å². The second-order valence-corrected chi connectivity index (χ2v) is 25.4. The van der Waals surface area contributed by atoms with E-state index in [-0.39, 0.29) is 28.4 Å². The summed E-state index contributed by atoms with van der Waals surface area (Å²) in [6.45, 7) is 28.0. The molecule has 0 bridgehead atoms. The molecule has 3 heterocycles. The first-order valence-electron chi connectivity index (χ1n) is 26.5. The number of fused-ring (bicyclic) bond motifs is 11. The maximum atomic E-state index is 6.85. The number of aromatic nitrogens is 1. The summed E-state index contributed by atoms with van der Waals surface area (Å²) in [5.41, 5.74) is 18.1. The normalized spacial score (nSPS) is 13.9. The highest BCUT2D eigenvalue weighted by molar-refractivity contribution is 7.00. The zero-order valence-electron chi connectivity index (χ0n) is 45.0. The Morgan fingerprint density at radius 1 is 0.392 bits per heavy atom. The maximum Gasteiger partial charge on any atom is 0.252 e. The van der Waals surface area contributed by atoms with Crippen LogP contribution >= 0.6 is 0 Å². The second-order valence-electron chi connectivity index (χ2n) is 25.4. The molecule has 0 aliphatic carbocycles. The van der Waals surface area contributed by atoms with E-state index in [1.54, 1.807) is 0 Å². The Hall–Kier alpha value is -7.63. The third kappa shape index (κ3) is 7.36. The molecule has 1 aromatic heterocycles. The Bertz CT molecular complexity index is 3830. The lowest BCUT2D eigenvalue weighted by Gasteiger charge is -2.45. The van der Waals surface area contributed by atoms with Crippen molar-refractivity contribution in [1.29, 1.82) is 0 Å². The first-order chi connectivity index (χ1) is 35.2. The van der Waals surface area contributed by atoms with Crippen LogP contribution in [0.2, 0.25) is 0 Å². The third-order valence-corrected chi connectivity index (χ3v) is 16.1. The average molecular weight is 962 g/mol. The molecule has 0 saturated heterocycles. The van der Waals surface area contributed by atoms with Crippen molar-refractivity contribution in [3.8, 4) is 11.5 Å². The van der Waals surface area contributed by atoms with Crippen LogP contribution in [0.25, 0.3) is 65.6 Å². The monoisotopic (exact) mass is 962 g/mol. The van der Waals surface area contributed by atoms with E-state index < -0.39 is 0 Å². The molecule has 11 aromatic rings. The fourth-order valence-corrected chi connectivity index (χ4v) is 11.9. The third-order valence-electron chi connectivity index (χ3n) is 16.1. The molecular weight excluding hydrogens is 898 g/mol. The number of para-hydroxylation sites is 2. The van der Waals surface area contributed by atoms with Crippen molar-refractivity contribution < 1.29 is 4.42 Å². The average Bonchev–Trinajstić information content (AvgIpc) is 3.88. The van der Waals surface area contributed by atoms with E-state index in [2.05, 4.69) is 245 Å². The molecule has 13 rings (SSSR count). The van der Waals surface area contributed by atoms with E-state index in [1.807, 2.05) is 18.2 Å². The Balaban J connectivity index is 1.24. The summed E-state index contributed by atoms with van der Waals surface area (Å²) in [4.78, 5) is 10.5. The predicted molar refractivity (Wildman–Crippen MR) is 318 cm³/mol. The number of rotatable bonds is 3. The minimum absolute atomic E-state index is 0.116. The largest absolute Gasteiger partial charge is 0.436 e. The van der Waals surface area contributed by atoms with Gasteiger partial charge < -0.3 is 14.2 Å². The van der Waals surface area contributed by atoms with Gasteiger partial charge in [0.05, 0.1) is 0 Å². The summed E-state index contributed by atoms with van der Waals surface area (Å²) >= 11 is 0. The van der Waals surface area contributed by atoms with Gasteiger partial charge in [0.2, 0.25) is 5.89 Å². The smallest absolute Gasteiger partial charge is 0.252 e. The van der Waals surface area contributed by atoms with Crippen LogP contribution in [0.3, 0.4) is 0 Å².